The van der Waals surface area contributed by atoms with E-state index in [0.29, 0.717) is 12.5 Å². The largest absolute Gasteiger partial charge is 0.387 e. The van der Waals surface area contributed by atoms with E-state index in [1.165, 1.54) is 10.9 Å². The minimum Gasteiger partial charge on any atom is -0.387 e. The van der Waals surface area contributed by atoms with E-state index in [-0.39, 0.29) is 6.42 Å². The molecule has 1 unspecified atom stereocenters. The fourth-order valence-corrected chi connectivity index (χ4v) is 0.980. The van der Waals surface area contributed by atoms with Crippen LogP contribution in [0.1, 0.15) is 12.5 Å². The van der Waals surface area contributed by atoms with Gasteiger partial charge in [-0.1, -0.05) is 0 Å². The van der Waals surface area contributed by atoms with Crippen LogP contribution < -0.4 is 0 Å². The van der Waals surface area contributed by atoms with Gasteiger partial charge in [0.05, 0.1) is 6.20 Å². The number of rotatable bonds is 3. The normalized spacial score (nSPS) is 14.5. The highest BCUT2D eigenvalue weighted by Gasteiger charge is 2.32. The van der Waals surface area contributed by atoms with Gasteiger partial charge in [0.1, 0.15) is 6.10 Å². The zero-order valence-electron chi connectivity index (χ0n) is 7.54. The molecule has 0 saturated carbocycles. The molecule has 0 radical (unpaired) electrons. The summed E-state index contributed by atoms with van der Waals surface area (Å²) in [7, 11) is 1.69. The van der Waals surface area contributed by atoms with Crippen molar-refractivity contribution in [3.63, 3.8) is 0 Å². The van der Waals surface area contributed by atoms with Gasteiger partial charge in [0.2, 0.25) is 0 Å². The summed E-state index contributed by atoms with van der Waals surface area (Å²) in [6.07, 6.45) is 1.36. The van der Waals surface area contributed by atoms with Gasteiger partial charge < -0.3 is 5.11 Å². The Morgan fingerprint density at radius 1 is 1.69 bits per heavy atom. The average molecular weight is 190 g/mol. The van der Waals surface area contributed by atoms with Gasteiger partial charge in [-0.2, -0.15) is 5.10 Å². The summed E-state index contributed by atoms with van der Waals surface area (Å²) < 4.78 is 26.6. The lowest BCUT2D eigenvalue weighted by molar-refractivity contribution is -0.0921. The third kappa shape index (κ3) is 2.77. The van der Waals surface area contributed by atoms with Crippen LogP contribution in [0.3, 0.4) is 0 Å². The summed E-state index contributed by atoms with van der Waals surface area (Å²) in [4.78, 5) is 0. The number of hydrogen-bond donors (Lipinski definition) is 1. The van der Waals surface area contributed by atoms with Gasteiger partial charge >= 0.3 is 0 Å². The van der Waals surface area contributed by atoms with Crippen LogP contribution in [0.25, 0.3) is 0 Å². The van der Waals surface area contributed by atoms with Crippen LogP contribution in [0.15, 0.2) is 12.4 Å². The maximum absolute atomic E-state index is 12.5. The standard InChI is InChI=1S/C8H12F2N2O/c1-8(9,10)7(13)3-6-4-11-12(2)5-6/h4-5,7,13H,3H2,1-2H3. The number of alkyl halides is 2. The third-order valence-corrected chi connectivity index (χ3v) is 1.77. The molecule has 0 aromatic carbocycles. The molecule has 74 valence electrons. The van der Waals surface area contributed by atoms with Gasteiger partial charge in [-0.05, 0) is 5.56 Å². The lowest BCUT2D eigenvalue weighted by Gasteiger charge is -2.16. The molecule has 0 aliphatic rings. The van der Waals surface area contributed by atoms with Gasteiger partial charge in [0.15, 0.2) is 0 Å². The quantitative estimate of drug-likeness (QED) is 0.771. The van der Waals surface area contributed by atoms with E-state index < -0.39 is 12.0 Å². The van der Waals surface area contributed by atoms with Crippen molar-refractivity contribution < 1.29 is 13.9 Å². The van der Waals surface area contributed by atoms with Crippen molar-refractivity contribution in [2.45, 2.75) is 25.4 Å². The maximum Gasteiger partial charge on any atom is 0.271 e. The molecule has 1 heterocycles. The number of aliphatic hydroxyl groups excluding tert-OH is 1. The predicted molar refractivity (Wildman–Crippen MR) is 43.5 cm³/mol. The molecule has 1 aromatic rings. The first kappa shape index (κ1) is 10.1. The molecule has 0 aliphatic heterocycles. The first-order valence-electron chi connectivity index (χ1n) is 3.93. The molecule has 1 N–H and O–H groups in total. The van der Waals surface area contributed by atoms with Crippen molar-refractivity contribution in [1.29, 1.82) is 0 Å². The van der Waals surface area contributed by atoms with E-state index in [2.05, 4.69) is 5.10 Å². The molecule has 5 heteroatoms. The molecule has 0 aliphatic carbocycles. The first-order chi connectivity index (χ1) is 5.89. The van der Waals surface area contributed by atoms with Crippen LogP contribution in [0.2, 0.25) is 0 Å². The zero-order valence-corrected chi connectivity index (χ0v) is 7.54. The summed E-state index contributed by atoms with van der Waals surface area (Å²) in [5.74, 6) is -3.06. The number of halogens is 2. The predicted octanol–water partition coefficient (Wildman–Crippen LogP) is 0.979. The first-order valence-corrected chi connectivity index (χ1v) is 3.93. The zero-order chi connectivity index (χ0) is 10.1. The Balaban J connectivity index is 2.60. The molecule has 1 rings (SSSR count). The van der Waals surface area contributed by atoms with Gasteiger partial charge in [-0.15, -0.1) is 0 Å². The SMILES string of the molecule is Cn1cc(CC(O)C(C)(F)F)cn1. The van der Waals surface area contributed by atoms with Crippen LogP contribution in [0.5, 0.6) is 0 Å². The molecule has 0 amide bonds. The number of nitrogens with zero attached hydrogens (tertiary/aromatic N) is 2. The molecule has 1 atom stereocenters. The van der Waals surface area contributed by atoms with Crippen LogP contribution in [0, 0.1) is 0 Å². The van der Waals surface area contributed by atoms with Crippen molar-refractivity contribution in [1.82, 2.24) is 9.78 Å². The molecule has 1 aromatic heterocycles. The van der Waals surface area contributed by atoms with Gasteiger partial charge in [-0.3, -0.25) is 4.68 Å². The second kappa shape index (κ2) is 3.41. The summed E-state index contributed by atoms with van der Waals surface area (Å²) in [6.45, 7) is 0.702. The van der Waals surface area contributed by atoms with Crippen molar-refractivity contribution in [2.24, 2.45) is 7.05 Å². The number of aromatic nitrogens is 2. The minimum absolute atomic E-state index is 0.0721. The highest BCUT2D eigenvalue weighted by atomic mass is 19.3. The molecule has 0 fully saturated rings. The van der Waals surface area contributed by atoms with Gasteiger partial charge in [0.25, 0.3) is 5.92 Å². The monoisotopic (exact) mass is 190 g/mol. The molecule has 3 nitrogen and oxygen atoms in total. The van der Waals surface area contributed by atoms with Gasteiger partial charge in [-0.25, -0.2) is 8.78 Å². The summed E-state index contributed by atoms with van der Waals surface area (Å²) >= 11 is 0. The van der Waals surface area contributed by atoms with E-state index in [4.69, 9.17) is 5.11 Å². The Bertz CT molecular complexity index is 280. The van der Waals surface area contributed by atoms with E-state index in [1.54, 1.807) is 13.2 Å². The highest BCUT2D eigenvalue weighted by molar-refractivity contribution is 5.06. The Hall–Kier alpha value is -0.970. The summed E-state index contributed by atoms with van der Waals surface area (Å²) in [5, 5.41) is 12.9. The Morgan fingerprint density at radius 3 is 2.69 bits per heavy atom. The Labute approximate surface area is 75.0 Å². The van der Waals surface area contributed by atoms with E-state index in [9.17, 15) is 8.78 Å². The molecule has 13 heavy (non-hydrogen) atoms. The second-order valence-corrected chi connectivity index (χ2v) is 3.20. The fraction of sp³-hybridized carbons (Fsp3) is 0.625. The maximum atomic E-state index is 12.5. The average Bonchev–Trinajstić information content (AvgIpc) is 2.33. The molecule has 0 saturated heterocycles. The Kier molecular flexibility index (Phi) is 2.66. The number of aryl methyl sites for hydroxylation is 1. The highest BCUT2D eigenvalue weighted by Crippen LogP contribution is 2.20. The molecule has 0 bridgehead atoms. The van der Waals surface area contributed by atoms with E-state index in [0.717, 1.165) is 0 Å². The number of hydrogen-bond acceptors (Lipinski definition) is 2. The van der Waals surface area contributed by atoms with E-state index in [1.807, 2.05) is 0 Å². The molecular weight excluding hydrogens is 178 g/mol. The van der Waals surface area contributed by atoms with Crippen LogP contribution in [0.4, 0.5) is 8.78 Å². The molecule has 0 spiro atoms. The van der Waals surface area contributed by atoms with Crippen molar-refractivity contribution >= 4 is 0 Å². The smallest absolute Gasteiger partial charge is 0.271 e. The van der Waals surface area contributed by atoms with E-state index >= 15 is 0 Å². The van der Waals surface area contributed by atoms with Crippen molar-refractivity contribution in [2.75, 3.05) is 0 Å². The van der Waals surface area contributed by atoms with Crippen LogP contribution in [-0.2, 0) is 13.5 Å². The van der Waals surface area contributed by atoms with Crippen molar-refractivity contribution in [3.05, 3.63) is 18.0 Å². The fourth-order valence-electron chi connectivity index (χ4n) is 0.980. The summed E-state index contributed by atoms with van der Waals surface area (Å²) in [6, 6.07) is 0. The second-order valence-electron chi connectivity index (χ2n) is 3.20. The van der Waals surface area contributed by atoms with Crippen molar-refractivity contribution in [3.8, 4) is 0 Å². The Morgan fingerprint density at radius 2 is 2.31 bits per heavy atom. The lowest BCUT2D eigenvalue weighted by atomic mass is 10.1. The molecular formula is C8H12F2N2O. The van der Waals surface area contributed by atoms with Crippen LogP contribution in [-0.4, -0.2) is 26.9 Å². The number of aliphatic hydroxyl groups is 1. The topological polar surface area (TPSA) is 38.0 Å². The third-order valence-electron chi connectivity index (χ3n) is 1.77. The minimum atomic E-state index is -3.06. The lowest BCUT2D eigenvalue weighted by Crippen LogP contribution is -2.31. The summed E-state index contributed by atoms with van der Waals surface area (Å²) in [5.41, 5.74) is 0.608. The van der Waals surface area contributed by atoms with Gasteiger partial charge in [0, 0.05) is 26.6 Å². The van der Waals surface area contributed by atoms with Crippen LogP contribution >= 0.6 is 0 Å².